The normalized spacial score (nSPS) is 12.7. The predicted octanol–water partition coefficient (Wildman–Crippen LogP) is 2.75. The summed E-state index contributed by atoms with van der Waals surface area (Å²) in [5, 5.41) is 2.82. The van der Waals surface area contributed by atoms with Crippen molar-refractivity contribution in [2.24, 2.45) is 0 Å². The molecule has 138 valence electrons. The van der Waals surface area contributed by atoms with E-state index in [9.17, 15) is 19.2 Å². The number of rotatable bonds is 5. The lowest BCUT2D eigenvalue weighted by molar-refractivity contribution is -0.116. The van der Waals surface area contributed by atoms with Gasteiger partial charge in [0.25, 0.3) is 11.8 Å². The number of anilines is 1. The summed E-state index contributed by atoms with van der Waals surface area (Å²) >= 11 is 6.04. The summed E-state index contributed by atoms with van der Waals surface area (Å²) in [6.07, 6.45) is -0.107. The Labute approximate surface area is 159 Å². The molecule has 0 aromatic heterocycles. The second-order valence-corrected chi connectivity index (χ2v) is 6.20. The lowest BCUT2D eigenvalue weighted by Crippen LogP contribution is -2.32. The average Bonchev–Trinajstić information content (AvgIpc) is 2.92. The van der Waals surface area contributed by atoms with Gasteiger partial charge in [-0.3, -0.25) is 19.3 Å². The molecule has 3 amide bonds. The monoisotopic (exact) mass is 386 g/mol. The Morgan fingerprint density at radius 2 is 1.70 bits per heavy atom. The van der Waals surface area contributed by atoms with E-state index in [0.29, 0.717) is 11.1 Å². The number of carbonyl (C=O) groups excluding carboxylic acids is 4. The van der Waals surface area contributed by atoms with Gasteiger partial charge in [-0.1, -0.05) is 23.7 Å². The Morgan fingerprint density at radius 3 is 2.30 bits per heavy atom. The molecule has 0 aliphatic carbocycles. The maximum absolute atomic E-state index is 12.3. The number of hydrogen-bond acceptors (Lipinski definition) is 5. The molecule has 7 nitrogen and oxygen atoms in total. The fourth-order valence-electron chi connectivity index (χ4n) is 2.73. The molecule has 1 heterocycles. The van der Waals surface area contributed by atoms with Crippen molar-refractivity contribution in [3.63, 3.8) is 0 Å². The van der Waals surface area contributed by atoms with Gasteiger partial charge >= 0.3 is 5.97 Å². The number of amides is 3. The summed E-state index contributed by atoms with van der Waals surface area (Å²) in [5.74, 6) is -1.85. The van der Waals surface area contributed by atoms with Crippen molar-refractivity contribution in [2.75, 3.05) is 19.0 Å². The maximum Gasteiger partial charge on any atom is 0.337 e. The van der Waals surface area contributed by atoms with E-state index in [1.54, 1.807) is 24.3 Å². The highest BCUT2D eigenvalue weighted by Gasteiger charge is 2.34. The van der Waals surface area contributed by atoms with E-state index in [1.165, 1.54) is 25.3 Å². The van der Waals surface area contributed by atoms with Crippen LogP contribution >= 0.6 is 11.6 Å². The third-order valence-electron chi connectivity index (χ3n) is 4.10. The number of esters is 1. The number of nitrogens with zero attached hydrogens (tertiary/aromatic N) is 1. The van der Waals surface area contributed by atoms with Crippen molar-refractivity contribution in [1.82, 2.24) is 4.90 Å². The number of nitrogens with one attached hydrogen (secondary N) is 1. The van der Waals surface area contributed by atoms with Crippen LogP contribution in [-0.2, 0) is 9.53 Å². The van der Waals surface area contributed by atoms with E-state index in [-0.39, 0.29) is 29.2 Å². The van der Waals surface area contributed by atoms with Gasteiger partial charge < -0.3 is 10.1 Å². The second-order valence-electron chi connectivity index (χ2n) is 5.79. The molecule has 0 fully saturated rings. The molecule has 0 radical (unpaired) electrons. The number of halogens is 1. The zero-order chi connectivity index (χ0) is 19.6. The van der Waals surface area contributed by atoms with Gasteiger partial charge in [0.15, 0.2) is 0 Å². The van der Waals surface area contributed by atoms with Crippen LogP contribution in [0, 0.1) is 0 Å². The average molecular weight is 387 g/mol. The van der Waals surface area contributed by atoms with Crippen molar-refractivity contribution in [2.45, 2.75) is 6.42 Å². The van der Waals surface area contributed by atoms with E-state index in [4.69, 9.17) is 11.6 Å². The molecule has 1 aliphatic rings. The molecular formula is C19H15ClN2O5. The van der Waals surface area contributed by atoms with Crippen LogP contribution in [-0.4, -0.2) is 42.2 Å². The fraction of sp³-hybridized carbons (Fsp3) is 0.158. The predicted molar refractivity (Wildman–Crippen MR) is 97.8 cm³/mol. The molecule has 2 aromatic carbocycles. The molecule has 0 spiro atoms. The van der Waals surface area contributed by atoms with Gasteiger partial charge in [0.2, 0.25) is 5.91 Å². The number of fused-ring (bicyclic) bond motifs is 1. The number of carbonyl (C=O) groups is 4. The standard InChI is InChI=1S/C19H15ClN2O5/c1-27-19(26)11-6-7-14(20)15(10-11)21-16(23)8-9-22-17(24)12-4-2-3-5-13(12)18(22)25/h2-7,10H,8-9H2,1H3,(H,21,23). The molecule has 0 unspecified atom stereocenters. The van der Waals surface area contributed by atoms with Gasteiger partial charge in [-0.25, -0.2) is 4.79 Å². The topological polar surface area (TPSA) is 92.8 Å². The Hall–Kier alpha value is -3.19. The van der Waals surface area contributed by atoms with Gasteiger partial charge in [0, 0.05) is 13.0 Å². The second kappa shape index (κ2) is 7.59. The molecule has 0 bridgehead atoms. The van der Waals surface area contributed by atoms with Crippen molar-refractivity contribution < 1.29 is 23.9 Å². The van der Waals surface area contributed by atoms with Crippen molar-refractivity contribution in [3.05, 3.63) is 64.2 Å². The van der Waals surface area contributed by atoms with E-state index in [2.05, 4.69) is 10.1 Å². The summed E-state index contributed by atoms with van der Waals surface area (Å²) in [5.41, 5.74) is 1.14. The molecule has 0 saturated heterocycles. The van der Waals surface area contributed by atoms with Crippen LogP contribution in [0.15, 0.2) is 42.5 Å². The first kappa shape index (κ1) is 18.6. The van der Waals surface area contributed by atoms with Crippen LogP contribution in [0.4, 0.5) is 5.69 Å². The zero-order valence-electron chi connectivity index (χ0n) is 14.3. The highest BCUT2D eigenvalue weighted by Crippen LogP contribution is 2.25. The van der Waals surface area contributed by atoms with Crippen LogP contribution in [0.25, 0.3) is 0 Å². The Morgan fingerprint density at radius 1 is 1.07 bits per heavy atom. The van der Waals surface area contributed by atoms with Crippen LogP contribution in [0.5, 0.6) is 0 Å². The number of ether oxygens (including phenoxy) is 1. The lowest BCUT2D eigenvalue weighted by Gasteiger charge is -2.14. The third kappa shape index (κ3) is 3.68. The number of imide groups is 1. The van der Waals surface area contributed by atoms with Crippen LogP contribution in [0.3, 0.4) is 0 Å². The molecule has 0 atom stereocenters. The van der Waals surface area contributed by atoms with E-state index >= 15 is 0 Å². The molecule has 8 heteroatoms. The molecule has 3 rings (SSSR count). The van der Waals surface area contributed by atoms with Gasteiger partial charge in [-0.2, -0.15) is 0 Å². The first-order chi connectivity index (χ1) is 12.9. The first-order valence-electron chi connectivity index (χ1n) is 8.05. The third-order valence-corrected chi connectivity index (χ3v) is 4.43. The van der Waals surface area contributed by atoms with Crippen molar-refractivity contribution >= 4 is 41.0 Å². The number of methoxy groups -OCH3 is 1. The highest BCUT2D eigenvalue weighted by molar-refractivity contribution is 6.33. The van der Waals surface area contributed by atoms with Gasteiger partial charge in [-0.15, -0.1) is 0 Å². The molecule has 1 aliphatic heterocycles. The van der Waals surface area contributed by atoms with E-state index in [1.807, 2.05) is 0 Å². The van der Waals surface area contributed by atoms with E-state index < -0.39 is 23.7 Å². The number of benzene rings is 2. The quantitative estimate of drug-likeness (QED) is 0.630. The van der Waals surface area contributed by atoms with Crippen molar-refractivity contribution in [3.8, 4) is 0 Å². The Kier molecular flexibility index (Phi) is 5.23. The summed E-state index contributed by atoms with van der Waals surface area (Å²) in [6, 6.07) is 10.8. The van der Waals surface area contributed by atoms with Gasteiger partial charge in [-0.05, 0) is 30.3 Å². The SMILES string of the molecule is COC(=O)c1ccc(Cl)c(NC(=O)CCN2C(=O)c3ccccc3C2=O)c1. The molecule has 2 aromatic rings. The summed E-state index contributed by atoms with van der Waals surface area (Å²) in [7, 11) is 1.25. The zero-order valence-corrected chi connectivity index (χ0v) is 15.1. The smallest absolute Gasteiger partial charge is 0.337 e. The summed E-state index contributed by atoms with van der Waals surface area (Å²) in [4.78, 5) is 49.4. The molecule has 0 saturated carbocycles. The molecule has 1 N–H and O–H groups in total. The highest BCUT2D eigenvalue weighted by atomic mass is 35.5. The van der Waals surface area contributed by atoms with Gasteiger partial charge in [0.1, 0.15) is 0 Å². The fourth-order valence-corrected chi connectivity index (χ4v) is 2.90. The number of hydrogen-bond donors (Lipinski definition) is 1. The molecular weight excluding hydrogens is 372 g/mol. The van der Waals surface area contributed by atoms with Crippen LogP contribution in [0.1, 0.15) is 37.5 Å². The lowest BCUT2D eigenvalue weighted by atomic mass is 10.1. The first-order valence-corrected chi connectivity index (χ1v) is 8.43. The molecule has 27 heavy (non-hydrogen) atoms. The summed E-state index contributed by atoms with van der Waals surface area (Å²) < 4.78 is 4.63. The maximum atomic E-state index is 12.3. The minimum absolute atomic E-state index is 0.0630. The Bertz CT molecular complexity index is 922. The van der Waals surface area contributed by atoms with Gasteiger partial charge in [0.05, 0.1) is 34.5 Å². The summed E-state index contributed by atoms with van der Waals surface area (Å²) in [6.45, 7) is -0.0630. The minimum Gasteiger partial charge on any atom is -0.465 e. The largest absolute Gasteiger partial charge is 0.465 e. The van der Waals surface area contributed by atoms with Crippen LogP contribution < -0.4 is 5.32 Å². The van der Waals surface area contributed by atoms with Crippen molar-refractivity contribution in [1.29, 1.82) is 0 Å². The Balaban J connectivity index is 1.65. The van der Waals surface area contributed by atoms with Crippen LogP contribution in [0.2, 0.25) is 5.02 Å². The van der Waals surface area contributed by atoms with E-state index in [0.717, 1.165) is 4.90 Å². The minimum atomic E-state index is -0.562.